The van der Waals surface area contributed by atoms with Gasteiger partial charge in [-0.3, -0.25) is 9.69 Å². The van der Waals surface area contributed by atoms with Crippen LogP contribution in [-0.2, 0) is 24.3 Å². The van der Waals surface area contributed by atoms with Gasteiger partial charge in [-0.1, -0.05) is 24.3 Å². The lowest BCUT2D eigenvalue weighted by Crippen LogP contribution is -2.42. The largest absolute Gasteiger partial charge is 0.348 e. The molecular weight excluding hydrogens is 288 g/mol. The summed E-state index contributed by atoms with van der Waals surface area (Å²) in [6.45, 7) is 3.01. The summed E-state index contributed by atoms with van der Waals surface area (Å²) in [7, 11) is 0. The molecular formula is C18H22N4O. The van der Waals surface area contributed by atoms with Crippen LogP contribution in [0.4, 0.5) is 0 Å². The van der Waals surface area contributed by atoms with Crippen molar-refractivity contribution in [3.63, 3.8) is 0 Å². The third kappa shape index (κ3) is 3.01. The van der Waals surface area contributed by atoms with Crippen molar-refractivity contribution in [2.45, 2.75) is 38.4 Å². The Morgan fingerprint density at radius 2 is 2.22 bits per heavy atom. The maximum atomic E-state index is 12.5. The minimum atomic E-state index is 0.117. The number of hydrogen-bond acceptors (Lipinski definition) is 3. The SMILES string of the molecule is O=C(CN1CCn2ccnc2C1)NC1CCCc2ccccc21. The number of nitrogens with zero attached hydrogens (tertiary/aromatic N) is 3. The van der Waals surface area contributed by atoms with Crippen LogP contribution in [0.3, 0.4) is 0 Å². The van der Waals surface area contributed by atoms with Gasteiger partial charge in [0.15, 0.2) is 0 Å². The smallest absolute Gasteiger partial charge is 0.234 e. The second-order valence-electron chi connectivity index (χ2n) is 6.46. The fourth-order valence-corrected chi connectivity index (χ4v) is 3.71. The highest BCUT2D eigenvalue weighted by atomic mass is 16.2. The Bertz CT molecular complexity index is 709. The van der Waals surface area contributed by atoms with E-state index in [1.54, 1.807) is 0 Å². The maximum Gasteiger partial charge on any atom is 0.234 e. The van der Waals surface area contributed by atoms with Gasteiger partial charge < -0.3 is 9.88 Å². The van der Waals surface area contributed by atoms with Crippen molar-refractivity contribution in [2.24, 2.45) is 0 Å². The Morgan fingerprint density at radius 1 is 1.30 bits per heavy atom. The van der Waals surface area contributed by atoms with Gasteiger partial charge in [-0.15, -0.1) is 0 Å². The van der Waals surface area contributed by atoms with E-state index in [1.165, 1.54) is 11.1 Å². The van der Waals surface area contributed by atoms with E-state index in [0.29, 0.717) is 6.54 Å². The summed E-state index contributed by atoms with van der Waals surface area (Å²) >= 11 is 0. The van der Waals surface area contributed by atoms with Crippen LogP contribution >= 0.6 is 0 Å². The summed E-state index contributed by atoms with van der Waals surface area (Å²) in [5.74, 6) is 1.17. The predicted octanol–water partition coefficient (Wildman–Crippen LogP) is 1.89. The normalized spacial score (nSPS) is 20.6. The molecule has 1 unspecified atom stereocenters. The molecule has 1 aromatic heterocycles. The number of carbonyl (C=O) groups is 1. The Labute approximate surface area is 136 Å². The molecule has 0 radical (unpaired) electrons. The molecule has 120 valence electrons. The zero-order valence-corrected chi connectivity index (χ0v) is 13.2. The minimum absolute atomic E-state index is 0.117. The van der Waals surface area contributed by atoms with Gasteiger partial charge >= 0.3 is 0 Å². The summed E-state index contributed by atoms with van der Waals surface area (Å²) < 4.78 is 2.16. The van der Waals surface area contributed by atoms with Crippen molar-refractivity contribution in [3.8, 4) is 0 Å². The third-order valence-electron chi connectivity index (χ3n) is 4.90. The zero-order valence-electron chi connectivity index (χ0n) is 13.2. The summed E-state index contributed by atoms with van der Waals surface area (Å²) in [5, 5.41) is 3.23. The molecule has 0 fully saturated rings. The molecule has 1 N–H and O–H groups in total. The fourth-order valence-electron chi connectivity index (χ4n) is 3.71. The lowest BCUT2D eigenvalue weighted by molar-refractivity contribution is -0.123. The number of amides is 1. The highest BCUT2D eigenvalue weighted by Crippen LogP contribution is 2.29. The third-order valence-corrected chi connectivity index (χ3v) is 4.90. The van der Waals surface area contributed by atoms with E-state index in [0.717, 1.165) is 44.7 Å². The van der Waals surface area contributed by atoms with E-state index >= 15 is 0 Å². The molecule has 4 rings (SSSR count). The molecule has 2 aliphatic rings. The van der Waals surface area contributed by atoms with E-state index < -0.39 is 0 Å². The van der Waals surface area contributed by atoms with Gasteiger partial charge in [-0.2, -0.15) is 0 Å². The second-order valence-corrected chi connectivity index (χ2v) is 6.46. The van der Waals surface area contributed by atoms with E-state index in [2.05, 4.69) is 44.0 Å². The number of fused-ring (bicyclic) bond motifs is 2. The maximum absolute atomic E-state index is 12.5. The van der Waals surface area contributed by atoms with Crippen molar-refractivity contribution in [1.82, 2.24) is 19.8 Å². The Balaban J connectivity index is 1.38. The molecule has 0 saturated carbocycles. The summed E-state index contributed by atoms with van der Waals surface area (Å²) in [6, 6.07) is 8.64. The number of nitrogens with one attached hydrogen (secondary N) is 1. The van der Waals surface area contributed by atoms with Gasteiger partial charge in [-0.05, 0) is 30.4 Å². The standard InChI is InChI=1S/C18H22N4O/c23-18(13-21-10-11-22-9-8-19-17(22)12-21)20-16-7-3-5-14-4-1-2-6-15(14)16/h1-2,4,6,8-9,16H,3,5,7,10-13H2,(H,20,23). The topological polar surface area (TPSA) is 50.2 Å². The predicted molar refractivity (Wildman–Crippen MR) is 87.8 cm³/mol. The fraction of sp³-hybridized carbons (Fsp3) is 0.444. The average molecular weight is 310 g/mol. The number of aryl methyl sites for hydroxylation is 1. The molecule has 1 amide bonds. The van der Waals surface area contributed by atoms with Gasteiger partial charge in [0, 0.05) is 25.5 Å². The van der Waals surface area contributed by atoms with Crippen LogP contribution in [0.25, 0.3) is 0 Å². The van der Waals surface area contributed by atoms with E-state index in [9.17, 15) is 4.79 Å². The molecule has 5 nitrogen and oxygen atoms in total. The molecule has 1 aliphatic carbocycles. The van der Waals surface area contributed by atoms with Crippen molar-refractivity contribution in [1.29, 1.82) is 0 Å². The Morgan fingerprint density at radius 3 is 3.17 bits per heavy atom. The van der Waals surface area contributed by atoms with Crippen LogP contribution < -0.4 is 5.32 Å². The van der Waals surface area contributed by atoms with Crippen LogP contribution in [0.5, 0.6) is 0 Å². The second kappa shape index (κ2) is 6.16. The van der Waals surface area contributed by atoms with Crippen LogP contribution in [0.2, 0.25) is 0 Å². The first kappa shape index (κ1) is 14.5. The van der Waals surface area contributed by atoms with Crippen LogP contribution in [0.1, 0.15) is 35.8 Å². The van der Waals surface area contributed by atoms with Gasteiger partial charge in [0.1, 0.15) is 5.82 Å². The molecule has 5 heteroatoms. The van der Waals surface area contributed by atoms with Crippen LogP contribution in [0, 0.1) is 0 Å². The monoisotopic (exact) mass is 310 g/mol. The average Bonchev–Trinajstić information content (AvgIpc) is 3.03. The van der Waals surface area contributed by atoms with Crippen molar-refractivity contribution in [3.05, 3.63) is 53.6 Å². The molecule has 1 aromatic carbocycles. The number of aromatic nitrogens is 2. The Hall–Kier alpha value is -2.14. The number of hydrogen-bond donors (Lipinski definition) is 1. The summed E-state index contributed by atoms with van der Waals surface area (Å²) in [4.78, 5) is 19.0. The number of benzene rings is 1. The molecule has 1 aliphatic heterocycles. The lowest BCUT2D eigenvalue weighted by atomic mass is 9.88. The highest BCUT2D eigenvalue weighted by molar-refractivity contribution is 5.78. The lowest BCUT2D eigenvalue weighted by Gasteiger charge is -2.29. The molecule has 2 heterocycles. The zero-order chi connectivity index (χ0) is 15.6. The molecule has 1 atom stereocenters. The van der Waals surface area contributed by atoms with Crippen LogP contribution in [-0.4, -0.2) is 33.4 Å². The quantitative estimate of drug-likeness (QED) is 0.942. The van der Waals surface area contributed by atoms with Gasteiger partial charge in [0.25, 0.3) is 0 Å². The van der Waals surface area contributed by atoms with E-state index in [-0.39, 0.29) is 11.9 Å². The first-order chi connectivity index (χ1) is 11.3. The molecule has 23 heavy (non-hydrogen) atoms. The van der Waals surface area contributed by atoms with E-state index in [1.807, 2.05) is 12.4 Å². The number of imidazole rings is 1. The van der Waals surface area contributed by atoms with Crippen molar-refractivity contribution >= 4 is 5.91 Å². The van der Waals surface area contributed by atoms with Gasteiger partial charge in [0.2, 0.25) is 5.91 Å². The van der Waals surface area contributed by atoms with Gasteiger partial charge in [-0.25, -0.2) is 4.98 Å². The summed E-state index contributed by atoms with van der Waals surface area (Å²) in [5.41, 5.74) is 2.67. The first-order valence-corrected chi connectivity index (χ1v) is 8.39. The molecule has 0 spiro atoms. The summed E-state index contributed by atoms with van der Waals surface area (Å²) in [6.07, 6.45) is 7.14. The minimum Gasteiger partial charge on any atom is -0.348 e. The van der Waals surface area contributed by atoms with Crippen molar-refractivity contribution < 1.29 is 4.79 Å². The Kier molecular flexibility index (Phi) is 3.87. The van der Waals surface area contributed by atoms with Gasteiger partial charge in [0.05, 0.1) is 19.1 Å². The highest BCUT2D eigenvalue weighted by Gasteiger charge is 2.23. The number of rotatable bonds is 3. The number of carbonyl (C=O) groups excluding carboxylic acids is 1. The van der Waals surface area contributed by atoms with E-state index in [4.69, 9.17) is 0 Å². The molecule has 0 bridgehead atoms. The first-order valence-electron chi connectivity index (χ1n) is 8.39. The molecule has 0 saturated heterocycles. The van der Waals surface area contributed by atoms with Crippen LogP contribution in [0.15, 0.2) is 36.7 Å². The van der Waals surface area contributed by atoms with Crippen molar-refractivity contribution in [2.75, 3.05) is 13.1 Å². The molecule has 2 aromatic rings.